The van der Waals surface area contributed by atoms with Crippen LogP contribution in [0, 0.1) is 32.1 Å². The molecule has 0 saturated heterocycles. The number of aryl methyl sites for hydroxylation is 3. The molecule has 1 unspecified atom stereocenters. The predicted molar refractivity (Wildman–Crippen MR) is 570 cm³/mol. The normalized spacial score (nSPS) is 12.8. The fourth-order valence-electron chi connectivity index (χ4n) is 22.0. The van der Waals surface area contributed by atoms with E-state index in [0.29, 0.717) is 23.2 Å². The van der Waals surface area contributed by atoms with E-state index in [9.17, 15) is 15.3 Å². The van der Waals surface area contributed by atoms with E-state index in [1.807, 2.05) is 0 Å². The second-order valence-corrected chi connectivity index (χ2v) is 45.2. The van der Waals surface area contributed by atoms with E-state index in [2.05, 4.69) is 161 Å². The Bertz CT molecular complexity index is 2950. The van der Waals surface area contributed by atoms with Gasteiger partial charge in [-0.3, -0.25) is 0 Å². The monoisotopic (exact) mass is 1880 g/mol. The van der Waals surface area contributed by atoms with Crippen LogP contribution in [0.4, 0.5) is 0 Å². The molecule has 0 saturated carbocycles. The van der Waals surface area contributed by atoms with Gasteiger partial charge >= 0.3 is 25.8 Å². The minimum absolute atomic E-state index is 0.304. The van der Waals surface area contributed by atoms with Gasteiger partial charge in [0, 0.05) is 10.8 Å². The van der Waals surface area contributed by atoms with Crippen molar-refractivity contribution in [3.8, 4) is 17.2 Å². The van der Waals surface area contributed by atoms with Gasteiger partial charge in [0.1, 0.15) is 17.2 Å². The molecule has 130 heavy (non-hydrogen) atoms. The van der Waals surface area contributed by atoms with Crippen molar-refractivity contribution >= 4 is 25.8 Å². The molecular weight excluding hydrogens is 1670 g/mol. The molecule has 15 heteroatoms. The number of unbranched alkanes of at least 4 members (excludes halogenated alkanes) is 60. The Morgan fingerprint density at radius 2 is 0.377 bits per heavy atom. The summed E-state index contributed by atoms with van der Waals surface area (Å²) in [6, 6.07) is 16.0. The summed E-state index contributed by atoms with van der Waals surface area (Å²) >= 11 is 0. The standard InChI is InChI=1S/C115H208O3.3H3O3P/c1-19-25-31-37-43-49-55-61-67-73-79-85-100(86-80-74-68-62-56-50-44-38-32-26-20-2)114(89-83-77-71-65-59-53-47-41-35-29-23-5,101-91-97(7)107(116)104(94-101)110(10,11)12)113(87-81-75-69-63-57-51-45-39-33-27-21-3,88-82-76-70-64-58-52-46-40-34-28-22-4)115(90-84-78-72-66-60-54-48-42-36-30-24-6,102-92-98(8)108(117)105(95-102)111(13,14)15)103-93-99(9)109(118)106(96-103)112(16,17)18;3*1-4(2)3/h91-96,100,116-118H,19-90H2,1-18H3;3*1-3H. The van der Waals surface area contributed by atoms with Crippen LogP contribution in [0.15, 0.2) is 36.4 Å². The molecule has 0 aliphatic heterocycles. The highest BCUT2D eigenvalue weighted by atomic mass is 31.2. The minimum atomic E-state index is -2.62. The van der Waals surface area contributed by atoms with Crippen molar-refractivity contribution in [3.63, 3.8) is 0 Å². The Hall–Kier alpha value is -2.01. The Morgan fingerprint density at radius 1 is 0.215 bits per heavy atom. The van der Waals surface area contributed by atoms with E-state index < -0.39 is 31.2 Å². The van der Waals surface area contributed by atoms with Crippen LogP contribution in [0.25, 0.3) is 0 Å². The summed E-state index contributed by atoms with van der Waals surface area (Å²) < 4.78 is 0. The van der Waals surface area contributed by atoms with Crippen molar-refractivity contribution in [1.82, 2.24) is 0 Å². The van der Waals surface area contributed by atoms with E-state index >= 15 is 0 Å². The molecule has 0 aromatic heterocycles. The molecule has 0 bridgehead atoms. The maximum atomic E-state index is 13.2. The number of rotatable bonds is 78. The molecule has 3 rings (SSSR count). The number of benzene rings is 3. The number of phenols is 3. The SMILES string of the molecule is CCCCCCCCCCCCCC(CCCCCCCCCCCCC)C(CCCCCCCCCCCCC)(c1cc(C)c(O)c(C(C)(C)C)c1)C(CCCCCCCCCCCCC)(CCCCCCCCCCCCC)C(CCCCCCCCCCCCC)(c1cc(C)c(O)c(C(C)(C)C)c1)c1cc(C)c(O)c(C(C)(C)C)c1.OP(O)O.OP(O)O.OP(O)O. The molecule has 0 aliphatic rings. The van der Waals surface area contributed by atoms with E-state index in [1.165, 1.54) is 441 Å². The van der Waals surface area contributed by atoms with Crippen LogP contribution in [0.2, 0.25) is 0 Å². The third-order valence-electron chi connectivity index (χ3n) is 29.3. The zero-order valence-corrected chi connectivity index (χ0v) is 91.3. The average molecular weight is 1880 g/mol. The fourth-order valence-corrected chi connectivity index (χ4v) is 22.0. The van der Waals surface area contributed by atoms with Crippen LogP contribution < -0.4 is 0 Å². The summed E-state index contributed by atoms with van der Waals surface area (Å²) in [5.41, 5.74) is 8.52. The van der Waals surface area contributed by atoms with Crippen LogP contribution in [0.5, 0.6) is 17.2 Å². The highest BCUT2D eigenvalue weighted by Crippen LogP contribution is 2.70. The summed E-state index contributed by atoms with van der Waals surface area (Å²) in [6.07, 6.45) is 94.6. The Balaban J connectivity index is 0.0000130. The lowest BCUT2D eigenvalue weighted by Gasteiger charge is -2.66. The van der Waals surface area contributed by atoms with Gasteiger partial charge in [-0.15, -0.1) is 0 Å². The van der Waals surface area contributed by atoms with Gasteiger partial charge in [0.05, 0.1) is 0 Å². The van der Waals surface area contributed by atoms with Gasteiger partial charge < -0.3 is 59.4 Å². The van der Waals surface area contributed by atoms with E-state index in [1.54, 1.807) is 5.56 Å². The number of hydrogen-bond donors (Lipinski definition) is 12. The third-order valence-corrected chi connectivity index (χ3v) is 29.3. The van der Waals surface area contributed by atoms with Gasteiger partial charge in [0.25, 0.3) is 0 Å². The molecule has 3 aromatic rings. The van der Waals surface area contributed by atoms with Crippen LogP contribution in [-0.2, 0) is 27.1 Å². The maximum Gasteiger partial charge on any atom is 0.324 e. The van der Waals surface area contributed by atoms with Crippen LogP contribution in [-0.4, -0.2) is 59.4 Å². The molecule has 12 N–H and O–H groups in total. The Morgan fingerprint density at radius 3 is 0.577 bits per heavy atom. The number of aromatic hydroxyl groups is 3. The zero-order chi connectivity index (χ0) is 97.4. The first-order valence-corrected chi connectivity index (χ1v) is 58.8. The van der Waals surface area contributed by atoms with Gasteiger partial charge in [0.15, 0.2) is 0 Å². The molecule has 3 aromatic carbocycles. The second kappa shape index (κ2) is 78.8. The molecule has 0 aliphatic carbocycles. The number of phenolic OH excluding ortho intramolecular Hbond substituents is 3. The van der Waals surface area contributed by atoms with Gasteiger partial charge in [0.2, 0.25) is 0 Å². The van der Waals surface area contributed by atoms with Crippen molar-refractivity contribution in [2.75, 3.05) is 0 Å². The van der Waals surface area contributed by atoms with Crippen molar-refractivity contribution in [3.05, 3.63) is 86.5 Å². The maximum absolute atomic E-state index is 13.2. The Labute approximate surface area is 809 Å². The lowest BCUT2D eigenvalue weighted by atomic mass is 9.37. The van der Waals surface area contributed by atoms with Gasteiger partial charge in [-0.05, 0) is 137 Å². The molecule has 0 spiro atoms. The average Bonchev–Trinajstić information content (AvgIpc) is 0.677. The van der Waals surface area contributed by atoms with Crippen molar-refractivity contribution in [1.29, 1.82) is 0 Å². The summed E-state index contributed by atoms with van der Waals surface area (Å²) in [6.45, 7) is 42.5. The van der Waals surface area contributed by atoms with E-state index in [-0.39, 0.29) is 27.1 Å². The van der Waals surface area contributed by atoms with Crippen LogP contribution >= 0.6 is 25.8 Å². The van der Waals surface area contributed by atoms with Crippen LogP contribution in [0.1, 0.15) is 616 Å². The van der Waals surface area contributed by atoms with Crippen molar-refractivity contribution < 1.29 is 59.4 Å². The second-order valence-electron chi connectivity index (χ2n) is 43.6. The predicted octanol–water partition coefficient (Wildman–Crippen LogP) is 37.2. The molecule has 0 amide bonds. The first-order valence-electron chi connectivity index (χ1n) is 55.2. The Kier molecular flexibility index (Phi) is 77.5. The lowest BCUT2D eigenvalue weighted by Crippen LogP contribution is -2.62. The van der Waals surface area contributed by atoms with Crippen LogP contribution in [0.3, 0.4) is 0 Å². The minimum Gasteiger partial charge on any atom is -0.507 e. The third kappa shape index (κ3) is 55.7. The van der Waals surface area contributed by atoms with Crippen molar-refractivity contribution in [2.45, 2.75) is 614 Å². The molecule has 0 radical (unpaired) electrons. The summed E-state index contributed by atoms with van der Waals surface area (Å²) in [4.78, 5) is 65.1. The first kappa shape index (κ1) is 128. The smallest absolute Gasteiger partial charge is 0.324 e. The highest BCUT2D eigenvalue weighted by molar-refractivity contribution is 7.38. The topological polar surface area (TPSA) is 243 Å². The molecule has 0 heterocycles. The van der Waals surface area contributed by atoms with E-state index in [4.69, 9.17) is 44.0 Å². The molecule has 1 atom stereocenters. The first-order chi connectivity index (χ1) is 62.1. The molecule has 12 nitrogen and oxygen atoms in total. The summed E-state index contributed by atoms with van der Waals surface area (Å²) in [7, 11) is -7.86. The lowest BCUT2D eigenvalue weighted by molar-refractivity contribution is -0.0501. The quantitative estimate of drug-likeness (QED) is 0.0187. The molecule has 764 valence electrons. The van der Waals surface area contributed by atoms with Crippen molar-refractivity contribution in [2.24, 2.45) is 11.3 Å². The number of hydrogen-bond acceptors (Lipinski definition) is 12. The highest BCUT2D eigenvalue weighted by Gasteiger charge is 2.65. The largest absolute Gasteiger partial charge is 0.507 e. The van der Waals surface area contributed by atoms with Gasteiger partial charge in [-0.1, -0.05) is 564 Å². The molecular formula is C115H217O12P3. The summed E-state index contributed by atoms with van der Waals surface area (Å²) in [5, 5.41) is 39.4. The summed E-state index contributed by atoms with van der Waals surface area (Å²) in [5.74, 6) is 1.83. The van der Waals surface area contributed by atoms with Gasteiger partial charge in [-0.25, -0.2) is 0 Å². The fraction of sp³-hybridized carbons (Fsp3) is 0.843. The van der Waals surface area contributed by atoms with E-state index in [0.717, 1.165) is 65.5 Å². The van der Waals surface area contributed by atoms with Gasteiger partial charge in [-0.2, -0.15) is 0 Å². The molecule has 0 fully saturated rings. The zero-order valence-electron chi connectivity index (χ0n) is 88.7.